The Balaban J connectivity index is 1.52. The number of rotatable bonds is 6. The molecule has 1 heterocycles. The minimum absolute atomic E-state index is 0.121. The SMILES string of the molecule is O=C(O)c1csc(CCCOc2ccc3ccccc3c2)n1. The van der Waals surface area contributed by atoms with Crippen LogP contribution in [-0.4, -0.2) is 22.7 Å². The van der Waals surface area contributed by atoms with E-state index in [4.69, 9.17) is 9.84 Å². The summed E-state index contributed by atoms with van der Waals surface area (Å²) in [5.41, 5.74) is 0.121. The van der Waals surface area contributed by atoms with Crippen LogP contribution >= 0.6 is 11.3 Å². The normalized spacial score (nSPS) is 10.7. The Morgan fingerprint density at radius 1 is 1.18 bits per heavy atom. The van der Waals surface area contributed by atoms with Crippen LogP contribution in [0.5, 0.6) is 5.75 Å². The highest BCUT2D eigenvalue weighted by molar-refractivity contribution is 7.09. The number of hydrogen-bond donors (Lipinski definition) is 1. The molecule has 5 heteroatoms. The van der Waals surface area contributed by atoms with Gasteiger partial charge in [-0.2, -0.15) is 0 Å². The van der Waals surface area contributed by atoms with Crippen molar-refractivity contribution >= 4 is 28.1 Å². The van der Waals surface area contributed by atoms with Crippen molar-refractivity contribution in [3.63, 3.8) is 0 Å². The third kappa shape index (κ3) is 3.43. The number of aromatic nitrogens is 1. The van der Waals surface area contributed by atoms with E-state index >= 15 is 0 Å². The Labute approximate surface area is 132 Å². The number of carbonyl (C=O) groups is 1. The molecular weight excluding hydrogens is 298 g/mol. The van der Waals surface area contributed by atoms with Crippen molar-refractivity contribution in [1.29, 1.82) is 0 Å². The molecule has 0 amide bonds. The van der Waals surface area contributed by atoms with Crippen molar-refractivity contribution in [2.45, 2.75) is 12.8 Å². The fraction of sp³-hybridized carbons (Fsp3) is 0.176. The van der Waals surface area contributed by atoms with Crippen molar-refractivity contribution in [3.8, 4) is 5.75 Å². The summed E-state index contributed by atoms with van der Waals surface area (Å²) < 4.78 is 5.75. The lowest BCUT2D eigenvalue weighted by Crippen LogP contribution is -2.00. The zero-order valence-electron chi connectivity index (χ0n) is 11.9. The number of aryl methyl sites for hydroxylation is 1. The van der Waals surface area contributed by atoms with Crippen LogP contribution in [0, 0.1) is 0 Å². The van der Waals surface area contributed by atoms with Gasteiger partial charge in [0.15, 0.2) is 5.69 Å². The molecule has 0 aliphatic carbocycles. The van der Waals surface area contributed by atoms with Crippen molar-refractivity contribution in [2.24, 2.45) is 0 Å². The second kappa shape index (κ2) is 6.58. The van der Waals surface area contributed by atoms with Crippen LogP contribution in [0.25, 0.3) is 10.8 Å². The van der Waals surface area contributed by atoms with Gasteiger partial charge in [0.2, 0.25) is 0 Å². The summed E-state index contributed by atoms with van der Waals surface area (Å²) in [6, 6.07) is 14.2. The highest BCUT2D eigenvalue weighted by atomic mass is 32.1. The van der Waals surface area contributed by atoms with Crippen molar-refractivity contribution in [1.82, 2.24) is 4.98 Å². The van der Waals surface area contributed by atoms with Gasteiger partial charge in [0.05, 0.1) is 11.6 Å². The molecule has 0 bridgehead atoms. The fourth-order valence-corrected chi connectivity index (χ4v) is 3.01. The Morgan fingerprint density at radius 2 is 2.00 bits per heavy atom. The van der Waals surface area contributed by atoms with Crippen LogP contribution in [0.1, 0.15) is 21.9 Å². The van der Waals surface area contributed by atoms with Gasteiger partial charge in [-0.1, -0.05) is 30.3 Å². The van der Waals surface area contributed by atoms with E-state index in [1.54, 1.807) is 5.38 Å². The molecule has 3 rings (SSSR count). The van der Waals surface area contributed by atoms with Gasteiger partial charge in [-0.15, -0.1) is 11.3 Å². The number of ether oxygens (including phenoxy) is 1. The number of carboxylic acids is 1. The Morgan fingerprint density at radius 3 is 2.77 bits per heavy atom. The summed E-state index contributed by atoms with van der Waals surface area (Å²) in [5, 5.41) is 13.6. The first-order chi connectivity index (χ1) is 10.7. The van der Waals surface area contributed by atoms with Crippen molar-refractivity contribution < 1.29 is 14.6 Å². The highest BCUT2D eigenvalue weighted by Crippen LogP contribution is 2.21. The largest absolute Gasteiger partial charge is 0.494 e. The minimum Gasteiger partial charge on any atom is -0.494 e. The molecule has 0 aliphatic heterocycles. The van der Waals surface area contributed by atoms with E-state index in [2.05, 4.69) is 17.1 Å². The quantitative estimate of drug-likeness (QED) is 0.699. The van der Waals surface area contributed by atoms with Crippen molar-refractivity contribution in [2.75, 3.05) is 6.61 Å². The van der Waals surface area contributed by atoms with Gasteiger partial charge in [-0.3, -0.25) is 0 Å². The molecule has 22 heavy (non-hydrogen) atoms. The number of hydrogen-bond acceptors (Lipinski definition) is 4. The van der Waals surface area contributed by atoms with E-state index < -0.39 is 5.97 Å². The smallest absolute Gasteiger partial charge is 0.355 e. The molecule has 0 aliphatic rings. The lowest BCUT2D eigenvalue weighted by Gasteiger charge is -2.06. The molecule has 4 nitrogen and oxygen atoms in total. The predicted molar refractivity (Wildman–Crippen MR) is 86.8 cm³/mol. The van der Waals surface area contributed by atoms with Gasteiger partial charge in [0.1, 0.15) is 5.75 Å². The topological polar surface area (TPSA) is 59.4 Å². The molecule has 0 radical (unpaired) electrons. The molecule has 3 aromatic rings. The molecule has 0 fully saturated rings. The summed E-state index contributed by atoms with van der Waals surface area (Å²) in [4.78, 5) is 14.8. The Hall–Kier alpha value is -2.40. The van der Waals surface area contributed by atoms with Crippen LogP contribution in [0.4, 0.5) is 0 Å². The summed E-state index contributed by atoms with van der Waals surface area (Å²) in [7, 11) is 0. The van der Waals surface area contributed by atoms with E-state index in [0.29, 0.717) is 6.61 Å². The first-order valence-electron chi connectivity index (χ1n) is 7.02. The number of nitrogens with zero attached hydrogens (tertiary/aromatic N) is 1. The van der Waals surface area contributed by atoms with Gasteiger partial charge in [0.25, 0.3) is 0 Å². The molecule has 1 aromatic heterocycles. The number of fused-ring (bicyclic) bond motifs is 1. The zero-order valence-corrected chi connectivity index (χ0v) is 12.7. The number of thiazole rings is 1. The number of benzene rings is 2. The molecule has 0 unspecified atom stereocenters. The van der Waals surface area contributed by atoms with Crippen LogP contribution in [-0.2, 0) is 6.42 Å². The first kappa shape index (κ1) is 14.5. The highest BCUT2D eigenvalue weighted by Gasteiger charge is 2.08. The molecule has 0 atom stereocenters. The lowest BCUT2D eigenvalue weighted by molar-refractivity contribution is 0.0691. The van der Waals surface area contributed by atoms with Gasteiger partial charge in [-0.05, 0) is 29.3 Å². The van der Waals surface area contributed by atoms with E-state index in [0.717, 1.165) is 29.0 Å². The van der Waals surface area contributed by atoms with E-state index in [1.807, 2.05) is 30.3 Å². The minimum atomic E-state index is -0.977. The molecule has 0 spiro atoms. The monoisotopic (exact) mass is 313 g/mol. The average molecular weight is 313 g/mol. The lowest BCUT2D eigenvalue weighted by atomic mass is 10.1. The summed E-state index contributed by atoms with van der Waals surface area (Å²) in [6.45, 7) is 0.584. The van der Waals surface area contributed by atoms with Crippen LogP contribution < -0.4 is 4.74 Å². The zero-order chi connectivity index (χ0) is 15.4. The Kier molecular flexibility index (Phi) is 4.34. The maximum Gasteiger partial charge on any atom is 0.355 e. The average Bonchev–Trinajstić information content (AvgIpc) is 3.00. The molecule has 112 valence electrons. The third-order valence-electron chi connectivity index (χ3n) is 3.30. The fourth-order valence-electron chi connectivity index (χ4n) is 2.19. The van der Waals surface area contributed by atoms with Gasteiger partial charge >= 0.3 is 5.97 Å². The molecule has 0 saturated heterocycles. The third-order valence-corrected chi connectivity index (χ3v) is 4.20. The summed E-state index contributed by atoms with van der Waals surface area (Å²) in [5.74, 6) is -0.126. The first-order valence-corrected chi connectivity index (χ1v) is 7.89. The predicted octanol–water partition coefficient (Wildman–Crippen LogP) is 4.01. The Bertz CT molecular complexity index is 797. The van der Waals surface area contributed by atoms with Crippen molar-refractivity contribution in [3.05, 3.63) is 58.5 Å². The van der Waals surface area contributed by atoms with E-state index in [-0.39, 0.29) is 5.69 Å². The van der Waals surface area contributed by atoms with Crippen LogP contribution in [0.2, 0.25) is 0 Å². The maximum absolute atomic E-state index is 10.8. The van der Waals surface area contributed by atoms with Gasteiger partial charge < -0.3 is 9.84 Å². The van der Waals surface area contributed by atoms with Crippen LogP contribution in [0.3, 0.4) is 0 Å². The molecular formula is C17H15NO3S. The summed E-state index contributed by atoms with van der Waals surface area (Å²) in [6.07, 6.45) is 1.53. The van der Waals surface area contributed by atoms with Gasteiger partial charge in [-0.25, -0.2) is 9.78 Å². The second-order valence-corrected chi connectivity index (χ2v) is 5.84. The van der Waals surface area contributed by atoms with Crippen LogP contribution in [0.15, 0.2) is 47.8 Å². The maximum atomic E-state index is 10.8. The second-order valence-electron chi connectivity index (χ2n) is 4.89. The summed E-state index contributed by atoms with van der Waals surface area (Å²) >= 11 is 1.38. The molecule has 0 saturated carbocycles. The molecule has 1 N–H and O–H groups in total. The number of aromatic carboxylic acids is 1. The number of carboxylic acid groups (broad SMARTS) is 1. The standard InChI is InChI=1S/C17H15NO3S/c19-17(20)15-11-22-16(18-15)6-3-9-21-14-8-7-12-4-1-2-5-13(12)10-14/h1-2,4-5,7-8,10-11H,3,6,9H2,(H,19,20). The van der Waals surface area contributed by atoms with E-state index in [1.165, 1.54) is 16.7 Å². The molecule has 2 aromatic carbocycles. The van der Waals surface area contributed by atoms with E-state index in [9.17, 15) is 4.79 Å². The van der Waals surface area contributed by atoms with Gasteiger partial charge in [0, 0.05) is 11.8 Å².